The van der Waals surface area contributed by atoms with Crippen LogP contribution in [0.2, 0.25) is 0 Å². The van der Waals surface area contributed by atoms with Crippen molar-refractivity contribution in [3.63, 3.8) is 0 Å². The Hall–Kier alpha value is -2.15. The summed E-state index contributed by atoms with van der Waals surface area (Å²) in [5.74, 6) is -1.01. The van der Waals surface area contributed by atoms with Gasteiger partial charge in [-0.15, -0.1) is 0 Å². The van der Waals surface area contributed by atoms with Crippen LogP contribution in [0.25, 0.3) is 0 Å². The van der Waals surface area contributed by atoms with Gasteiger partial charge >= 0.3 is 5.97 Å². The summed E-state index contributed by atoms with van der Waals surface area (Å²) >= 11 is 0. The van der Waals surface area contributed by atoms with Crippen LogP contribution in [-0.4, -0.2) is 36.3 Å². The molecule has 0 bridgehead atoms. The van der Waals surface area contributed by atoms with E-state index in [1.54, 1.807) is 7.11 Å². The monoisotopic (exact) mass is 268 g/mol. The molecular formula is C12H16N2O5. The number of hydrogen-bond donors (Lipinski definition) is 2. The topological polar surface area (TPSA) is 102 Å². The number of nitro groups is 1. The fourth-order valence-corrected chi connectivity index (χ4v) is 1.60. The highest BCUT2D eigenvalue weighted by atomic mass is 16.6. The molecule has 0 radical (unpaired) electrons. The van der Waals surface area contributed by atoms with Gasteiger partial charge < -0.3 is 15.2 Å². The van der Waals surface area contributed by atoms with E-state index >= 15 is 0 Å². The minimum absolute atomic E-state index is 0.112. The van der Waals surface area contributed by atoms with Crippen LogP contribution < -0.4 is 5.32 Å². The number of carbonyl (C=O) groups is 1. The molecule has 1 atom stereocenters. The zero-order valence-electron chi connectivity index (χ0n) is 10.8. The molecule has 0 aliphatic heterocycles. The molecule has 2 N–H and O–H groups in total. The summed E-state index contributed by atoms with van der Waals surface area (Å²) in [6, 6.07) is 3.72. The predicted octanol–water partition coefficient (Wildman–Crippen LogP) is 1.99. The lowest BCUT2D eigenvalue weighted by atomic mass is 10.1. The molecule has 1 rings (SSSR count). The van der Waals surface area contributed by atoms with Crippen LogP contribution in [0.1, 0.15) is 17.3 Å². The van der Waals surface area contributed by atoms with Crippen molar-refractivity contribution >= 4 is 17.3 Å². The lowest BCUT2D eigenvalue weighted by molar-refractivity contribution is -0.384. The molecule has 7 heteroatoms. The molecule has 0 saturated heterocycles. The Kier molecular flexibility index (Phi) is 5.25. The van der Waals surface area contributed by atoms with Gasteiger partial charge in [0.25, 0.3) is 5.69 Å². The Bertz CT molecular complexity index is 475. The van der Waals surface area contributed by atoms with Gasteiger partial charge in [-0.3, -0.25) is 10.1 Å². The number of anilines is 1. The van der Waals surface area contributed by atoms with E-state index in [9.17, 15) is 14.9 Å². The molecule has 0 amide bonds. The van der Waals surface area contributed by atoms with Crippen molar-refractivity contribution in [2.24, 2.45) is 5.92 Å². The molecule has 0 aliphatic rings. The van der Waals surface area contributed by atoms with Crippen molar-refractivity contribution in [3.8, 4) is 0 Å². The molecule has 0 heterocycles. The Balaban J connectivity index is 2.88. The third-order valence-electron chi connectivity index (χ3n) is 2.54. The van der Waals surface area contributed by atoms with E-state index in [1.807, 2.05) is 6.92 Å². The van der Waals surface area contributed by atoms with E-state index in [4.69, 9.17) is 9.84 Å². The molecule has 1 aromatic carbocycles. The maximum absolute atomic E-state index is 11.1. The Morgan fingerprint density at radius 2 is 2.26 bits per heavy atom. The number of hydrogen-bond acceptors (Lipinski definition) is 5. The first kappa shape index (κ1) is 14.9. The van der Waals surface area contributed by atoms with Crippen molar-refractivity contribution in [2.75, 3.05) is 25.6 Å². The lowest BCUT2D eigenvalue weighted by Gasteiger charge is -2.14. The van der Waals surface area contributed by atoms with E-state index < -0.39 is 10.9 Å². The summed E-state index contributed by atoms with van der Waals surface area (Å²) in [5, 5.41) is 22.6. The quantitative estimate of drug-likeness (QED) is 0.579. The molecule has 0 aliphatic carbocycles. The van der Waals surface area contributed by atoms with Gasteiger partial charge in [0.2, 0.25) is 0 Å². The number of benzene rings is 1. The van der Waals surface area contributed by atoms with Gasteiger partial charge in [0.05, 0.1) is 17.1 Å². The number of nitrogens with one attached hydrogen (secondary N) is 1. The number of carboxylic acid groups (broad SMARTS) is 1. The molecule has 104 valence electrons. The van der Waals surface area contributed by atoms with Gasteiger partial charge in [-0.1, -0.05) is 6.92 Å². The SMILES string of the molecule is COCC(C)CNc1ccc([N+](=O)[O-])cc1C(=O)O. The van der Waals surface area contributed by atoms with Crippen molar-refractivity contribution < 1.29 is 19.6 Å². The lowest BCUT2D eigenvalue weighted by Crippen LogP contribution is -2.17. The molecule has 1 unspecified atom stereocenters. The molecule has 0 spiro atoms. The van der Waals surface area contributed by atoms with Gasteiger partial charge in [0.15, 0.2) is 0 Å². The van der Waals surface area contributed by atoms with Gasteiger partial charge in [-0.25, -0.2) is 4.79 Å². The smallest absolute Gasteiger partial charge is 0.338 e. The second kappa shape index (κ2) is 6.69. The molecule has 0 saturated carbocycles. The number of non-ortho nitro benzene ring substituents is 1. The summed E-state index contributed by atoms with van der Waals surface area (Å²) in [7, 11) is 1.59. The third-order valence-corrected chi connectivity index (χ3v) is 2.54. The Labute approximate surface area is 110 Å². The average molecular weight is 268 g/mol. The summed E-state index contributed by atoms with van der Waals surface area (Å²) in [4.78, 5) is 21.1. The Morgan fingerprint density at radius 1 is 1.58 bits per heavy atom. The van der Waals surface area contributed by atoms with E-state index in [-0.39, 0.29) is 17.2 Å². The van der Waals surface area contributed by atoms with Crippen molar-refractivity contribution in [1.29, 1.82) is 0 Å². The number of aromatic carboxylic acids is 1. The van der Waals surface area contributed by atoms with Crippen LogP contribution >= 0.6 is 0 Å². The molecule has 19 heavy (non-hydrogen) atoms. The predicted molar refractivity (Wildman–Crippen MR) is 69.6 cm³/mol. The second-order valence-electron chi connectivity index (χ2n) is 4.23. The summed E-state index contributed by atoms with van der Waals surface area (Å²) in [6.45, 7) is 3.01. The standard InChI is InChI=1S/C12H16N2O5/c1-8(7-19-2)6-13-11-4-3-9(14(17)18)5-10(11)12(15)16/h3-5,8,13H,6-7H2,1-2H3,(H,15,16). The number of ether oxygens (including phenoxy) is 1. The molecule has 0 fully saturated rings. The highest BCUT2D eigenvalue weighted by Crippen LogP contribution is 2.22. The van der Waals surface area contributed by atoms with Crippen molar-refractivity contribution in [1.82, 2.24) is 0 Å². The van der Waals surface area contributed by atoms with Crippen molar-refractivity contribution in [2.45, 2.75) is 6.92 Å². The summed E-state index contributed by atoms with van der Waals surface area (Å²) in [5.41, 5.74) is 0.00719. The van der Waals surface area contributed by atoms with E-state index in [1.165, 1.54) is 12.1 Å². The first-order valence-corrected chi connectivity index (χ1v) is 5.70. The zero-order chi connectivity index (χ0) is 14.4. The zero-order valence-corrected chi connectivity index (χ0v) is 10.8. The van der Waals surface area contributed by atoms with Crippen molar-refractivity contribution in [3.05, 3.63) is 33.9 Å². The molecule has 1 aromatic rings. The number of carboxylic acids is 1. The maximum atomic E-state index is 11.1. The van der Waals surface area contributed by atoms with Gasteiger partial charge in [0, 0.05) is 31.5 Å². The Morgan fingerprint density at radius 3 is 2.79 bits per heavy atom. The summed E-state index contributed by atoms with van der Waals surface area (Å²) in [6.07, 6.45) is 0. The number of methoxy groups -OCH3 is 1. The van der Waals surface area contributed by atoms with E-state index in [0.29, 0.717) is 18.8 Å². The minimum Gasteiger partial charge on any atom is -0.478 e. The van der Waals surface area contributed by atoms with Crippen LogP contribution in [-0.2, 0) is 4.74 Å². The third kappa shape index (κ3) is 4.22. The fourth-order valence-electron chi connectivity index (χ4n) is 1.60. The van der Waals surface area contributed by atoms with Crippen LogP contribution in [0.15, 0.2) is 18.2 Å². The maximum Gasteiger partial charge on any atom is 0.338 e. The largest absolute Gasteiger partial charge is 0.478 e. The number of rotatable bonds is 7. The molecule has 0 aromatic heterocycles. The highest BCUT2D eigenvalue weighted by molar-refractivity contribution is 5.95. The van der Waals surface area contributed by atoms with E-state index in [2.05, 4.69) is 5.32 Å². The molecular weight excluding hydrogens is 252 g/mol. The normalized spacial score (nSPS) is 11.9. The minimum atomic E-state index is -1.20. The second-order valence-corrected chi connectivity index (χ2v) is 4.23. The number of nitrogens with zero attached hydrogens (tertiary/aromatic N) is 1. The van der Waals surface area contributed by atoms with Gasteiger partial charge in [-0.2, -0.15) is 0 Å². The fraction of sp³-hybridized carbons (Fsp3) is 0.417. The van der Waals surface area contributed by atoms with Crippen LogP contribution in [0.4, 0.5) is 11.4 Å². The average Bonchev–Trinajstić information content (AvgIpc) is 2.36. The van der Waals surface area contributed by atoms with E-state index in [0.717, 1.165) is 6.07 Å². The first-order valence-electron chi connectivity index (χ1n) is 5.70. The van der Waals surface area contributed by atoms with Gasteiger partial charge in [0.1, 0.15) is 0 Å². The van der Waals surface area contributed by atoms with Crippen LogP contribution in [0.5, 0.6) is 0 Å². The first-order chi connectivity index (χ1) is 8.95. The van der Waals surface area contributed by atoms with Gasteiger partial charge in [-0.05, 0) is 12.0 Å². The number of nitro benzene ring substituents is 1. The molecule has 7 nitrogen and oxygen atoms in total. The summed E-state index contributed by atoms with van der Waals surface area (Å²) < 4.78 is 4.97. The van der Waals surface area contributed by atoms with Crippen LogP contribution in [0, 0.1) is 16.0 Å². The highest BCUT2D eigenvalue weighted by Gasteiger charge is 2.16. The van der Waals surface area contributed by atoms with Crippen LogP contribution in [0.3, 0.4) is 0 Å².